The standard InChI is InChI=1S/C15H13BrO3/c1-10-7-8-11(9-12(10)16)15(17)19-14-6-4-3-5-13(14)18-2/h3-9H,1-2H3. The average Bonchev–Trinajstić information content (AvgIpc) is 2.42. The predicted octanol–water partition coefficient (Wildman–Crippen LogP) is 3.99. The molecule has 0 amide bonds. The van der Waals surface area contributed by atoms with Gasteiger partial charge in [-0.1, -0.05) is 34.1 Å². The van der Waals surface area contributed by atoms with Gasteiger partial charge in [0.1, 0.15) is 0 Å². The van der Waals surface area contributed by atoms with Crippen LogP contribution in [0.3, 0.4) is 0 Å². The van der Waals surface area contributed by atoms with Crippen LogP contribution in [0.5, 0.6) is 11.5 Å². The molecule has 0 spiro atoms. The smallest absolute Gasteiger partial charge is 0.343 e. The second-order valence-electron chi connectivity index (χ2n) is 4.00. The van der Waals surface area contributed by atoms with Crippen LogP contribution in [0.2, 0.25) is 0 Å². The number of carbonyl (C=O) groups is 1. The molecule has 2 aromatic rings. The summed E-state index contributed by atoms with van der Waals surface area (Å²) in [5.41, 5.74) is 1.55. The topological polar surface area (TPSA) is 35.5 Å². The van der Waals surface area contributed by atoms with Gasteiger partial charge in [-0.3, -0.25) is 0 Å². The highest BCUT2D eigenvalue weighted by atomic mass is 79.9. The molecule has 0 fully saturated rings. The minimum absolute atomic E-state index is 0.409. The Morgan fingerprint density at radius 2 is 1.79 bits per heavy atom. The van der Waals surface area contributed by atoms with Crippen LogP contribution in [0, 0.1) is 6.92 Å². The van der Waals surface area contributed by atoms with Crippen LogP contribution in [0.25, 0.3) is 0 Å². The third-order valence-electron chi connectivity index (χ3n) is 2.68. The van der Waals surface area contributed by atoms with Gasteiger partial charge in [0.2, 0.25) is 0 Å². The van der Waals surface area contributed by atoms with Crippen molar-refractivity contribution in [2.45, 2.75) is 6.92 Å². The first-order chi connectivity index (χ1) is 9.11. The highest BCUT2D eigenvalue weighted by Gasteiger charge is 2.12. The Morgan fingerprint density at radius 3 is 2.42 bits per heavy atom. The molecule has 0 atom stereocenters. The normalized spacial score (nSPS) is 10.1. The quantitative estimate of drug-likeness (QED) is 0.633. The van der Waals surface area contributed by atoms with E-state index in [1.807, 2.05) is 19.1 Å². The molecular formula is C15H13BrO3. The number of methoxy groups -OCH3 is 1. The summed E-state index contributed by atoms with van der Waals surface area (Å²) in [6.07, 6.45) is 0. The van der Waals surface area contributed by atoms with Gasteiger partial charge in [-0.15, -0.1) is 0 Å². The summed E-state index contributed by atoms with van der Waals surface area (Å²) < 4.78 is 11.3. The minimum atomic E-state index is -0.412. The summed E-state index contributed by atoms with van der Waals surface area (Å²) >= 11 is 3.40. The molecule has 0 heterocycles. The van der Waals surface area contributed by atoms with Gasteiger partial charge in [0.15, 0.2) is 11.5 Å². The van der Waals surface area contributed by atoms with Gasteiger partial charge >= 0.3 is 5.97 Å². The zero-order valence-corrected chi connectivity index (χ0v) is 12.2. The molecule has 3 nitrogen and oxygen atoms in total. The highest BCUT2D eigenvalue weighted by Crippen LogP contribution is 2.27. The molecular weight excluding hydrogens is 308 g/mol. The summed E-state index contributed by atoms with van der Waals surface area (Å²) in [4.78, 5) is 12.0. The van der Waals surface area contributed by atoms with Crippen molar-refractivity contribution in [1.29, 1.82) is 0 Å². The van der Waals surface area contributed by atoms with Crippen LogP contribution in [-0.2, 0) is 0 Å². The van der Waals surface area contributed by atoms with Crippen LogP contribution in [0.4, 0.5) is 0 Å². The third-order valence-corrected chi connectivity index (χ3v) is 3.53. The lowest BCUT2D eigenvalue weighted by Crippen LogP contribution is -2.09. The Kier molecular flexibility index (Phi) is 4.22. The van der Waals surface area contributed by atoms with Crippen LogP contribution in [0.15, 0.2) is 46.9 Å². The number of halogens is 1. The number of hydrogen-bond donors (Lipinski definition) is 0. The zero-order valence-electron chi connectivity index (χ0n) is 10.6. The molecule has 98 valence electrons. The fraction of sp³-hybridized carbons (Fsp3) is 0.133. The SMILES string of the molecule is COc1ccccc1OC(=O)c1ccc(C)c(Br)c1. The van der Waals surface area contributed by atoms with E-state index in [1.165, 1.54) is 7.11 Å². The molecule has 0 N–H and O–H groups in total. The van der Waals surface area contributed by atoms with Gasteiger partial charge in [0.05, 0.1) is 12.7 Å². The molecule has 0 aromatic heterocycles. The van der Waals surface area contributed by atoms with Crippen LogP contribution >= 0.6 is 15.9 Å². The molecule has 0 aliphatic carbocycles. The second-order valence-corrected chi connectivity index (χ2v) is 4.86. The Labute approximate surface area is 120 Å². The van der Waals surface area contributed by atoms with Gasteiger partial charge in [0, 0.05) is 4.47 Å². The van der Waals surface area contributed by atoms with Gasteiger partial charge in [0.25, 0.3) is 0 Å². The summed E-state index contributed by atoms with van der Waals surface area (Å²) in [6, 6.07) is 12.4. The third kappa shape index (κ3) is 3.15. The summed E-state index contributed by atoms with van der Waals surface area (Å²) in [6.45, 7) is 1.96. The Hall–Kier alpha value is -1.81. The summed E-state index contributed by atoms with van der Waals surface area (Å²) in [5, 5.41) is 0. The second kappa shape index (κ2) is 5.89. The van der Waals surface area contributed by atoms with Crippen LogP contribution in [0.1, 0.15) is 15.9 Å². The first kappa shape index (κ1) is 13.6. The van der Waals surface area contributed by atoms with Gasteiger partial charge < -0.3 is 9.47 Å². The van der Waals surface area contributed by atoms with E-state index in [0.29, 0.717) is 17.1 Å². The average molecular weight is 321 g/mol. The fourth-order valence-corrected chi connectivity index (χ4v) is 1.96. The first-order valence-corrected chi connectivity index (χ1v) is 6.52. The van der Waals surface area contributed by atoms with Crippen LogP contribution < -0.4 is 9.47 Å². The molecule has 0 saturated heterocycles. The Bertz CT molecular complexity index is 608. The van der Waals surface area contributed by atoms with E-state index in [2.05, 4.69) is 15.9 Å². The van der Waals surface area contributed by atoms with Crippen molar-refractivity contribution in [3.8, 4) is 11.5 Å². The van der Waals surface area contributed by atoms with E-state index < -0.39 is 5.97 Å². The maximum absolute atomic E-state index is 12.0. The monoisotopic (exact) mass is 320 g/mol. The predicted molar refractivity (Wildman–Crippen MR) is 76.8 cm³/mol. The minimum Gasteiger partial charge on any atom is -0.493 e. The molecule has 2 aromatic carbocycles. The van der Waals surface area contributed by atoms with E-state index in [-0.39, 0.29) is 0 Å². The zero-order chi connectivity index (χ0) is 13.8. The van der Waals surface area contributed by atoms with E-state index >= 15 is 0 Å². The maximum Gasteiger partial charge on any atom is 0.343 e. The lowest BCUT2D eigenvalue weighted by atomic mass is 10.1. The van der Waals surface area contributed by atoms with E-state index in [0.717, 1.165) is 10.0 Å². The molecule has 0 saturated carbocycles. The van der Waals surface area contributed by atoms with Crippen molar-refractivity contribution < 1.29 is 14.3 Å². The highest BCUT2D eigenvalue weighted by molar-refractivity contribution is 9.10. The van der Waals surface area contributed by atoms with Crippen molar-refractivity contribution in [3.05, 3.63) is 58.1 Å². The number of ether oxygens (including phenoxy) is 2. The number of hydrogen-bond acceptors (Lipinski definition) is 3. The summed E-state index contributed by atoms with van der Waals surface area (Å²) in [7, 11) is 1.54. The van der Waals surface area contributed by atoms with Crippen molar-refractivity contribution in [3.63, 3.8) is 0 Å². The van der Waals surface area contributed by atoms with E-state index in [1.54, 1.807) is 30.3 Å². The fourth-order valence-electron chi connectivity index (χ4n) is 1.58. The number of para-hydroxylation sites is 2. The molecule has 19 heavy (non-hydrogen) atoms. The maximum atomic E-state index is 12.0. The molecule has 0 radical (unpaired) electrons. The number of rotatable bonds is 3. The van der Waals surface area contributed by atoms with Crippen LogP contribution in [-0.4, -0.2) is 13.1 Å². The van der Waals surface area contributed by atoms with Crippen molar-refractivity contribution >= 4 is 21.9 Å². The van der Waals surface area contributed by atoms with Gasteiger partial charge in [-0.25, -0.2) is 4.79 Å². The van der Waals surface area contributed by atoms with Crippen molar-refractivity contribution in [2.75, 3.05) is 7.11 Å². The van der Waals surface area contributed by atoms with Gasteiger partial charge in [-0.05, 0) is 36.8 Å². The Balaban J connectivity index is 2.23. The molecule has 2 rings (SSSR count). The first-order valence-electron chi connectivity index (χ1n) is 5.73. The van der Waals surface area contributed by atoms with E-state index in [4.69, 9.17) is 9.47 Å². The number of esters is 1. The number of benzene rings is 2. The largest absolute Gasteiger partial charge is 0.493 e. The molecule has 0 unspecified atom stereocenters. The molecule has 0 aliphatic rings. The van der Waals surface area contributed by atoms with Crippen molar-refractivity contribution in [1.82, 2.24) is 0 Å². The number of aryl methyl sites for hydroxylation is 1. The van der Waals surface area contributed by atoms with Gasteiger partial charge in [-0.2, -0.15) is 0 Å². The molecule has 0 bridgehead atoms. The van der Waals surface area contributed by atoms with Crippen molar-refractivity contribution in [2.24, 2.45) is 0 Å². The molecule has 4 heteroatoms. The number of carbonyl (C=O) groups excluding carboxylic acids is 1. The summed E-state index contributed by atoms with van der Waals surface area (Å²) in [5.74, 6) is 0.527. The van der Waals surface area contributed by atoms with E-state index in [9.17, 15) is 4.79 Å². The lowest BCUT2D eigenvalue weighted by molar-refractivity contribution is 0.0729. The Morgan fingerprint density at radius 1 is 1.11 bits per heavy atom. The molecule has 0 aliphatic heterocycles. The lowest BCUT2D eigenvalue weighted by Gasteiger charge is -2.09.